The van der Waals surface area contributed by atoms with Gasteiger partial charge in [-0.1, -0.05) is 0 Å². The molecule has 5 rings (SSSR count). The largest absolute Gasteiger partial charge is 0.444 e. The summed E-state index contributed by atoms with van der Waals surface area (Å²) in [6.45, 7) is 5.78. The van der Waals surface area contributed by atoms with Crippen LogP contribution >= 0.6 is 11.9 Å². The number of oxazole rings is 1. The first-order chi connectivity index (χ1) is 16.5. The van der Waals surface area contributed by atoms with Crippen LogP contribution in [0, 0.1) is 13.8 Å². The number of piperidine rings is 1. The van der Waals surface area contributed by atoms with Gasteiger partial charge >= 0.3 is 0 Å². The summed E-state index contributed by atoms with van der Waals surface area (Å²) in [4.78, 5) is 24.2. The molecule has 1 aromatic carbocycles. The van der Waals surface area contributed by atoms with Gasteiger partial charge in [0.25, 0.3) is 5.91 Å². The minimum atomic E-state index is -0.302. The second-order valence-corrected chi connectivity index (χ2v) is 8.41. The summed E-state index contributed by atoms with van der Waals surface area (Å²) in [5.41, 5.74) is 5.47. The van der Waals surface area contributed by atoms with Gasteiger partial charge in [0.1, 0.15) is 6.26 Å². The van der Waals surface area contributed by atoms with Crippen LogP contribution < -0.4 is 10.2 Å². The van der Waals surface area contributed by atoms with Crippen LogP contribution in [0.25, 0.3) is 22.4 Å². The van der Waals surface area contributed by atoms with Crippen molar-refractivity contribution in [1.82, 2.24) is 19.7 Å². The molecule has 3 aromatic heterocycles. The molecule has 0 saturated carbocycles. The van der Waals surface area contributed by atoms with Gasteiger partial charge in [0.05, 0.1) is 28.8 Å². The van der Waals surface area contributed by atoms with Gasteiger partial charge in [-0.15, -0.1) is 0 Å². The van der Waals surface area contributed by atoms with Gasteiger partial charge in [-0.2, -0.15) is 5.10 Å². The van der Waals surface area contributed by atoms with Gasteiger partial charge in [-0.05, 0) is 57.4 Å². The topological polar surface area (TPSA) is 109 Å². The molecule has 0 unspecified atom stereocenters. The van der Waals surface area contributed by atoms with Crippen LogP contribution in [0.1, 0.15) is 41.1 Å². The molecule has 0 aliphatic carbocycles. The number of halogens is 1. The molecule has 0 radical (unpaired) electrons. The van der Waals surface area contributed by atoms with E-state index in [1.165, 1.54) is 12.7 Å². The number of hydrogen-bond donors (Lipinski definition) is 2. The maximum atomic E-state index is 13.1. The second kappa shape index (κ2) is 10.2. The summed E-state index contributed by atoms with van der Waals surface area (Å²) in [6, 6.07) is 7.84. The number of carbonyl (C=O) groups excluding carboxylic acids is 1. The number of hydrogen-bond acceptors (Lipinski definition) is 7. The Hall–Kier alpha value is -3.43. The Morgan fingerprint density at radius 3 is 2.47 bits per heavy atom. The highest BCUT2D eigenvalue weighted by molar-refractivity contribution is 6.06. The third kappa shape index (κ3) is 5.05. The molecule has 4 aromatic rings. The van der Waals surface area contributed by atoms with Crippen molar-refractivity contribution in [1.29, 1.82) is 0 Å². The van der Waals surface area contributed by atoms with Crippen LogP contribution in [0.5, 0.6) is 0 Å². The van der Waals surface area contributed by atoms with Crippen LogP contribution in [0.2, 0.25) is 0 Å². The number of aromatic nitrogens is 4. The molecular formula is C24H27ClN6O3. The lowest BCUT2D eigenvalue weighted by Crippen LogP contribution is -2.30. The molecule has 1 fully saturated rings. The van der Waals surface area contributed by atoms with Crippen molar-refractivity contribution in [3.63, 3.8) is 0 Å². The first kappa shape index (κ1) is 23.7. The Kier molecular flexibility index (Phi) is 7.14. The Balaban J connectivity index is 0.00000133. The molecule has 0 spiro atoms. The molecule has 1 aliphatic heterocycles. The zero-order valence-corrected chi connectivity index (χ0v) is 20.1. The van der Waals surface area contributed by atoms with Gasteiger partial charge in [-0.25, -0.2) is 4.98 Å². The van der Waals surface area contributed by atoms with E-state index in [0.29, 0.717) is 5.89 Å². The predicted molar refractivity (Wildman–Crippen MR) is 132 cm³/mol. The molecule has 178 valence electrons. The Morgan fingerprint density at radius 1 is 1.06 bits per heavy atom. The molecule has 34 heavy (non-hydrogen) atoms. The molecule has 0 bridgehead atoms. The van der Waals surface area contributed by atoms with Gasteiger partial charge in [0, 0.05) is 48.7 Å². The van der Waals surface area contributed by atoms with Gasteiger partial charge in [0.15, 0.2) is 5.69 Å². The Labute approximate surface area is 202 Å². The lowest BCUT2D eigenvalue weighted by molar-refractivity contribution is 0.102. The maximum Gasteiger partial charge on any atom is 0.277 e. The molecule has 4 heterocycles. The quantitative estimate of drug-likeness (QED) is 0.437. The molecule has 0 atom stereocenters. The molecule has 1 saturated heterocycles. The van der Waals surface area contributed by atoms with E-state index in [4.69, 9.17) is 9.08 Å². The average Bonchev–Trinajstić information content (AvgIpc) is 3.46. The summed E-state index contributed by atoms with van der Waals surface area (Å²) < 4.78 is 13.9. The minimum absolute atomic E-state index is 0.239. The summed E-state index contributed by atoms with van der Waals surface area (Å²) in [6.07, 6.45) is 6.88. The van der Waals surface area contributed by atoms with Gasteiger partial charge in [-0.3, -0.25) is 19.1 Å². The van der Waals surface area contributed by atoms with Crippen molar-refractivity contribution in [2.45, 2.75) is 33.1 Å². The highest BCUT2D eigenvalue weighted by atomic mass is 35.5. The number of rotatable bonds is 4. The lowest BCUT2D eigenvalue weighted by Gasteiger charge is -2.30. The smallest absolute Gasteiger partial charge is 0.277 e. The van der Waals surface area contributed by atoms with E-state index in [1.54, 1.807) is 4.68 Å². The van der Waals surface area contributed by atoms with E-state index in [1.807, 2.05) is 45.3 Å². The van der Waals surface area contributed by atoms with Crippen molar-refractivity contribution in [2.24, 2.45) is 7.05 Å². The Morgan fingerprint density at radius 2 is 1.76 bits per heavy atom. The zero-order chi connectivity index (χ0) is 24.2. The standard InChI is InChI=1S/C24H26N6O2.ClHO/c1-15-9-17(10-16(2)25-15)24-27-21(14-32-24)23(31)26-20-11-18-13-29(3)28-19(18)12-22(20)30-7-5-4-6-8-30;1-2/h9-14H,4-8H2,1-3H3,(H,26,31);2H. The average molecular weight is 483 g/mol. The van der Waals surface area contributed by atoms with Crippen LogP contribution in [0.15, 0.2) is 41.1 Å². The molecule has 9 nitrogen and oxygen atoms in total. The molecule has 10 heteroatoms. The normalized spacial score (nSPS) is 13.5. The summed E-state index contributed by atoms with van der Waals surface area (Å²) in [5, 5.41) is 8.58. The number of pyridine rings is 1. The maximum absolute atomic E-state index is 13.1. The third-order valence-corrected chi connectivity index (χ3v) is 5.75. The van der Waals surface area contributed by atoms with Crippen molar-refractivity contribution in [3.05, 3.63) is 53.8 Å². The minimum Gasteiger partial charge on any atom is -0.444 e. The highest BCUT2D eigenvalue weighted by Gasteiger charge is 2.20. The molecular weight excluding hydrogens is 456 g/mol. The third-order valence-electron chi connectivity index (χ3n) is 5.75. The number of nitrogens with one attached hydrogen (secondary N) is 1. The fourth-order valence-electron chi connectivity index (χ4n) is 4.34. The van der Waals surface area contributed by atoms with Crippen molar-refractivity contribution < 1.29 is 13.9 Å². The number of amides is 1. The summed E-state index contributed by atoms with van der Waals surface area (Å²) in [5.74, 6) is 0.103. The van der Waals surface area contributed by atoms with Crippen molar-refractivity contribution >= 4 is 40.1 Å². The van der Waals surface area contributed by atoms with Crippen LogP contribution in [-0.4, -0.2) is 43.4 Å². The zero-order valence-electron chi connectivity index (χ0n) is 19.4. The molecule has 2 N–H and O–H groups in total. The lowest BCUT2D eigenvalue weighted by atomic mass is 10.1. The number of benzene rings is 1. The van der Waals surface area contributed by atoms with Crippen molar-refractivity contribution in [3.8, 4) is 11.5 Å². The van der Waals surface area contributed by atoms with E-state index in [2.05, 4.69) is 43.2 Å². The van der Waals surface area contributed by atoms with Crippen LogP contribution in [-0.2, 0) is 7.05 Å². The summed E-state index contributed by atoms with van der Waals surface area (Å²) >= 11 is 3.64. The fourth-order valence-corrected chi connectivity index (χ4v) is 4.34. The fraction of sp³-hybridized carbons (Fsp3) is 0.333. The number of carbonyl (C=O) groups is 1. The Bertz CT molecular complexity index is 1290. The monoisotopic (exact) mass is 482 g/mol. The number of anilines is 2. The summed E-state index contributed by atoms with van der Waals surface area (Å²) in [7, 11) is 1.90. The van der Waals surface area contributed by atoms with Crippen LogP contribution in [0.3, 0.4) is 0 Å². The number of fused-ring (bicyclic) bond motifs is 1. The van der Waals surface area contributed by atoms with E-state index in [9.17, 15) is 4.79 Å². The van der Waals surface area contributed by atoms with E-state index in [-0.39, 0.29) is 11.6 Å². The van der Waals surface area contributed by atoms with Crippen molar-refractivity contribution in [2.75, 3.05) is 23.3 Å². The highest BCUT2D eigenvalue weighted by Crippen LogP contribution is 2.33. The van der Waals surface area contributed by atoms with E-state index >= 15 is 0 Å². The first-order valence-electron chi connectivity index (χ1n) is 11.1. The van der Waals surface area contributed by atoms with Crippen LogP contribution in [0.4, 0.5) is 11.4 Å². The van der Waals surface area contributed by atoms with Gasteiger partial charge in [0.2, 0.25) is 5.89 Å². The first-order valence-corrected chi connectivity index (χ1v) is 11.4. The predicted octanol–water partition coefficient (Wildman–Crippen LogP) is 4.62. The number of nitrogens with zero attached hydrogens (tertiary/aromatic N) is 5. The van der Waals surface area contributed by atoms with E-state index < -0.39 is 0 Å². The second-order valence-electron chi connectivity index (χ2n) is 8.41. The molecule has 1 aliphatic rings. The van der Waals surface area contributed by atoms with E-state index in [0.717, 1.165) is 65.2 Å². The SMILES string of the molecule is Cc1cc(-c2nc(C(=O)Nc3cc4cn(C)nc4cc3N3CCCCC3)co2)cc(C)n1.OCl. The molecule has 1 amide bonds. The number of aryl methyl sites for hydroxylation is 3. The van der Waals surface area contributed by atoms with Gasteiger partial charge < -0.3 is 14.6 Å².